The molecule has 3 nitrogen and oxygen atoms in total. The summed E-state index contributed by atoms with van der Waals surface area (Å²) in [6, 6.07) is 8.51. The highest BCUT2D eigenvalue weighted by atomic mass is 32.2. The molecule has 0 aliphatic carbocycles. The van der Waals surface area contributed by atoms with Gasteiger partial charge in [0.05, 0.1) is 17.3 Å². The third-order valence-electron chi connectivity index (χ3n) is 2.99. The normalized spacial score (nSPS) is 13.6. The van der Waals surface area contributed by atoms with E-state index in [4.69, 9.17) is 5.11 Å². The van der Waals surface area contributed by atoms with E-state index < -0.39 is 9.84 Å². The van der Waals surface area contributed by atoms with Crippen LogP contribution < -0.4 is 0 Å². The fourth-order valence-electron chi connectivity index (χ4n) is 1.87. The average molecular weight is 294 g/mol. The maximum absolute atomic E-state index is 12.2. The Bertz CT molecular complexity index is 569. The maximum atomic E-state index is 12.2. The smallest absolute Gasteiger partial charge is 0.182 e. The Morgan fingerprint density at radius 2 is 1.75 bits per heavy atom. The standard InChI is InChI=1S/C16H22O3S/c1-14(11-12-17)7-6-8-15(2)13-20(18,19)16-9-4-3-5-10-16/h3-5,8-11,17H,6-7,12-13H2,1-2H3/b14-11+,15-8?. The first-order valence-corrected chi connectivity index (χ1v) is 8.31. The highest BCUT2D eigenvalue weighted by Crippen LogP contribution is 2.14. The Morgan fingerprint density at radius 3 is 2.35 bits per heavy atom. The summed E-state index contributed by atoms with van der Waals surface area (Å²) >= 11 is 0. The molecule has 0 aromatic heterocycles. The van der Waals surface area contributed by atoms with Gasteiger partial charge in [0.15, 0.2) is 9.84 Å². The molecule has 0 saturated heterocycles. The first-order valence-electron chi connectivity index (χ1n) is 6.65. The molecule has 0 unspecified atom stereocenters. The molecule has 1 rings (SSSR count). The van der Waals surface area contributed by atoms with Gasteiger partial charge in [-0.15, -0.1) is 0 Å². The Kier molecular flexibility index (Phi) is 6.68. The van der Waals surface area contributed by atoms with E-state index in [1.165, 1.54) is 0 Å². The van der Waals surface area contributed by atoms with E-state index in [1.807, 2.05) is 19.9 Å². The predicted molar refractivity (Wildman–Crippen MR) is 82.3 cm³/mol. The minimum atomic E-state index is -3.24. The molecule has 0 heterocycles. The van der Waals surface area contributed by atoms with Crippen LogP contribution in [0.1, 0.15) is 26.7 Å². The summed E-state index contributed by atoms with van der Waals surface area (Å²) in [6.07, 6.45) is 5.35. The zero-order valence-corrected chi connectivity index (χ0v) is 12.9. The summed E-state index contributed by atoms with van der Waals surface area (Å²) in [4.78, 5) is 0.365. The van der Waals surface area contributed by atoms with Crippen LogP contribution >= 0.6 is 0 Å². The van der Waals surface area contributed by atoms with Gasteiger partial charge in [0.2, 0.25) is 0 Å². The van der Waals surface area contributed by atoms with Crippen molar-refractivity contribution in [3.05, 3.63) is 53.6 Å². The van der Waals surface area contributed by atoms with Gasteiger partial charge >= 0.3 is 0 Å². The van der Waals surface area contributed by atoms with E-state index in [9.17, 15) is 8.42 Å². The van der Waals surface area contributed by atoms with Crippen molar-refractivity contribution in [3.8, 4) is 0 Å². The number of hydrogen-bond donors (Lipinski definition) is 1. The lowest BCUT2D eigenvalue weighted by Crippen LogP contribution is -2.07. The van der Waals surface area contributed by atoms with Crippen LogP contribution in [0.25, 0.3) is 0 Å². The third-order valence-corrected chi connectivity index (χ3v) is 4.82. The molecular formula is C16H22O3S. The molecule has 0 bridgehead atoms. The highest BCUT2D eigenvalue weighted by Gasteiger charge is 2.13. The predicted octanol–water partition coefficient (Wildman–Crippen LogP) is 3.13. The van der Waals surface area contributed by atoms with Crippen LogP contribution in [-0.4, -0.2) is 25.9 Å². The van der Waals surface area contributed by atoms with Crippen LogP contribution in [0.3, 0.4) is 0 Å². The van der Waals surface area contributed by atoms with Crippen molar-refractivity contribution in [1.82, 2.24) is 0 Å². The van der Waals surface area contributed by atoms with Gasteiger partial charge in [-0.3, -0.25) is 0 Å². The minimum absolute atomic E-state index is 0.0525. The number of allylic oxidation sites excluding steroid dienone is 2. The average Bonchev–Trinajstić information content (AvgIpc) is 2.39. The van der Waals surface area contributed by atoms with Crippen LogP contribution in [0.5, 0.6) is 0 Å². The Morgan fingerprint density at radius 1 is 1.10 bits per heavy atom. The molecule has 0 aliphatic rings. The van der Waals surface area contributed by atoms with E-state index in [-0.39, 0.29) is 12.4 Å². The van der Waals surface area contributed by atoms with Gasteiger partial charge < -0.3 is 5.11 Å². The molecule has 20 heavy (non-hydrogen) atoms. The first-order chi connectivity index (χ1) is 9.45. The second kappa shape index (κ2) is 8.02. The van der Waals surface area contributed by atoms with Gasteiger partial charge in [-0.2, -0.15) is 0 Å². The summed E-state index contributed by atoms with van der Waals surface area (Å²) in [5.74, 6) is 0.0553. The summed E-state index contributed by atoms with van der Waals surface area (Å²) in [6.45, 7) is 3.85. The van der Waals surface area contributed by atoms with Crippen LogP contribution in [0.15, 0.2) is 58.5 Å². The fraction of sp³-hybridized carbons (Fsp3) is 0.375. The number of rotatable bonds is 7. The SMILES string of the molecule is CC(=CCC/C(C)=C/CO)CS(=O)(=O)c1ccccc1. The molecule has 1 aromatic rings. The van der Waals surface area contributed by atoms with Gasteiger partial charge in [0.1, 0.15) is 0 Å². The lowest BCUT2D eigenvalue weighted by Gasteiger charge is -2.05. The monoisotopic (exact) mass is 294 g/mol. The molecule has 0 spiro atoms. The fourth-order valence-corrected chi connectivity index (χ4v) is 3.33. The molecular weight excluding hydrogens is 272 g/mol. The van der Waals surface area contributed by atoms with Crippen LogP contribution in [0, 0.1) is 0 Å². The Labute approximate surface area is 121 Å². The molecule has 0 saturated carbocycles. The van der Waals surface area contributed by atoms with E-state index in [0.717, 1.165) is 24.0 Å². The van der Waals surface area contributed by atoms with Crippen LogP contribution in [0.4, 0.5) is 0 Å². The maximum Gasteiger partial charge on any atom is 0.182 e. The van der Waals surface area contributed by atoms with Gasteiger partial charge in [-0.1, -0.05) is 41.5 Å². The second-order valence-electron chi connectivity index (χ2n) is 4.89. The molecule has 1 N–H and O–H groups in total. The second-order valence-corrected chi connectivity index (χ2v) is 6.88. The number of sulfone groups is 1. The molecule has 0 aliphatic heterocycles. The largest absolute Gasteiger partial charge is 0.392 e. The van der Waals surface area contributed by atoms with Crippen molar-refractivity contribution < 1.29 is 13.5 Å². The molecule has 0 amide bonds. The first kappa shape index (κ1) is 16.7. The number of hydrogen-bond acceptors (Lipinski definition) is 3. The lowest BCUT2D eigenvalue weighted by atomic mass is 10.1. The minimum Gasteiger partial charge on any atom is -0.392 e. The van der Waals surface area contributed by atoms with E-state index in [1.54, 1.807) is 36.4 Å². The van der Waals surface area contributed by atoms with E-state index in [0.29, 0.717) is 4.90 Å². The van der Waals surface area contributed by atoms with Crippen molar-refractivity contribution in [2.45, 2.75) is 31.6 Å². The molecule has 0 radical (unpaired) electrons. The van der Waals surface area contributed by atoms with E-state index in [2.05, 4.69) is 0 Å². The molecule has 0 atom stereocenters. The summed E-state index contributed by atoms with van der Waals surface area (Å²) < 4.78 is 24.3. The van der Waals surface area contributed by atoms with Crippen molar-refractivity contribution in [1.29, 1.82) is 0 Å². The highest BCUT2D eigenvalue weighted by molar-refractivity contribution is 7.91. The zero-order valence-electron chi connectivity index (χ0n) is 12.0. The van der Waals surface area contributed by atoms with Crippen LogP contribution in [0.2, 0.25) is 0 Å². The third kappa shape index (κ3) is 5.72. The van der Waals surface area contributed by atoms with Gasteiger partial charge in [-0.25, -0.2) is 8.42 Å². The van der Waals surface area contributed by atoms with Crippen LogP contribution in [-0.2, 0) is 9.84 Å². The number of aliphatic hydroxyl groups is 1. The Hall–Kier alpha value is -1.39. The molecule has 1 aromatic carbocycles. The Balaban J connectivity index is 2.62. The number of aliphatic hydroxyl groups excluding tert-OH is 1. The quantitative estimate of drug-likeness (QED) is 0.786. The molecule has 110 valence electrons. The lowest BCUT2D eigenvalue weighted by molar-refractivity contribution is 0.341. The number of benzene rings is 1. The summed E-state index contributed by atoms with van der Waals surface area (Å²) in [5, 5.41) is 8.75. The molecule has 0 fully saturated rings. The topological polar surface area (TPSA) is 54.4 Å². The summed E-state index contributed by atoms with van der Waals surface area (Å²) in [5.41, 5.74) is 1.97. The van der Waals surface area contributed by atoms with Gasteiger partial charge in [0, 0.05) is 0 Å². The summed E-state index contributed by atoms with van der Waals surface area (Å²) in [7, 11) is -3.24. The van der Waals surface area contributed by atoms with E-state index >= 15 is 0 Å². The van der Waals surface area contributed by atoms with Gasteiger partial charge in [-0.05, 0) is 38.8 Å². The van der Waals surface area contributed by atoms with Crippen molar-refractivity contribution >= 4 is 9.84 Å². The zero-order chi connectivity index (χ0) is 15.0. The molecule has 4 heteroatoms. The van der Waals surface area contributed by atoms with Crippen molar-refractivity contribution in [3.63, 3.8) is 0 Å². The van der Waals surface area contributed by atoms with Crippen molar-refractivity contribution in [2.24, 2.45) is 0 Å². The van der Waals surface area contributed by atoms with Crippen molar-refractivity contribution in [2.75, 3.05) is 12.4 Å². The van der Waals surface area contributed by atoms with Gasteiger partial charge in [0.25, 0.3) is 0 Å².